The van der Waals surface area contributed by atoms with Gasteiger partial charge in [-0.15, -0.1) is 0 Å². The van der Waals surface area contributed by atoms with Gasteiger partial charge in [0.2, 0.25) is 11.7 Å². The van der Waals surface area contributed by atoms with Crippen LogP contribution in [-0.4, -0.2) is 69.4 Å². The molecule has 1 aliphatic rings. The molecule has 2 N–H and O–H groups in total. The highest BCUT2D eigenvalue weighted by Crippen LogP contribution is 2.44. The van der Waals surface area contributed by atoms with E-state index in [2.05, 4.69) is 26.8 Å². The summed E-state index contributed by atoms with van der Waals surface area (Å²) in [5, 5.41) is 0. The number of ether oxygens (including phenoxy) is 3. The van der Waals surface area contributed by atoms with Crippen molar-refractivity contribution in [2.45, 2.75) is 0 Å². The van der Waals surface area contributed by atoms with Gasteiger partial charge in [-0.1, -0.05) is 0 Å². The Morgan fingerprint density at radius 3 is 2.23 bits per heavy atom. The van der Waals surface area contributed by atoms with Crippen molar-refractivity contribution in [3.63, 3.8) is 0 Å². The van der Waals surface area contributed by atoms with Gasteiger partial charge < -0.3 is 29.7 Å². The van der Waals surface area contributed by atoms with E-state index in [-0.39, 0.29) is 5.95 Å². The fourth-order valence-electron chi connectivity index (χ4n) is 3.09. The lowest BCUT2D eigenvalue weighted by Crippen LogP contribution is -2.44. The van der Waals surface area contributed by atoms with Gasteiger partial charge in [-0.25, -0.2) is 4.98 Å². The number of hydrogen-bond acceptors (Lipinski definition) is 8. The lowest BCUT2D eigenvalue weighted by molar-refractivity contribution is 0.312. The van der Waals surface area contributed by atoms with Crippen molar-refractivity contribution in [1.82, 2.24) is 14.9 Å². The fourth-order valence-corrected chi connectivity index (χ4v) is 3.09. The molecule has 8 nitrogen and oxygen atoms in total. The maximum atomic E-state index is 5.99. The highest BCUT2D eigenvalue weighted by molar-refractivity contribution is 5.76. The van der Waals surface area contributed by atoms with Crippen LogP contribution in [-0.2, 0) is 0 Å². The third kappa shape index (κ3) is 3.45. The minimum atomic E-state index is 0.230. The number of rotatable bonds is 5. The minimum absolute atomic E-state index is 0.230. The summed E-state index contributed by atoms with van der Waals surface area (Å²) in [6, 6.07) is 5.64. The standard InChI is InChI=1S/C18H25N5O3/c1-22-7-9-23(10-8-22)15-11-13(20-18(19)21-15)12-5-6-14(24-2)17(26-4)16(12)25-3/h5-6,11H,7-10H2,1-4H3,(H2,19,20,21). The van der Waals surface area contributed by atoms with E-state index in [0.29, 0.717) is 22.9 Å². The average Bonchev–Trinajstić information content (AvgIpc) is 2.66. The molecule has 0 amide bonds. The Bertz CT molecular complexity index is 776. The van der Waals surface area contributed by atoms with Gasteiger partial charge in [0.25, 0.3) is 0 Å². The summed E-state index contributed by atoms with van der Waals surface area (Å²) in [7, 11) is 6.87. The van der Waals surface area contributed by atoms with E-state index in [4.69, 9.17) is 19.9 Å². The van der Waals surface area contributed by atoms with E-state index >= 15 is 0 Å². The predicted molar refractivity (Wildman–Crippen MR) is 101 cm³/mol. The molecule has 0 bridgehead atoms. The van der Waals surface area contributed by atoms with Crippen LogP contribution in [0.4, 0.5) is 11.8 Å². The molecule has 1 fully saturated rings. The summed E-state index contributed by atoms with van der Waals surface area (Å²) in [6.07, 6.45) is 0. The molecule has 0 aliphatic carbocycles. The number of aromatic nitrogens is 2. The Labute approximate surface area is 153 Å². The number of nitrogens with zero attached hydrogens (tertiary/aromatic N) is 4. The van der Waals surface area contributed by atoms with E-state index in [1.165, 1.54) is 0 Å². The van der Waals surface area contributed by atoms with Crippen LogP contribution in [0.25, 0.3) is 11.3 Å². The zero-order valence-electron chi connectivity index (χ0n) is 15.7. The quantitative estimate of drug-likeness (QED) is 0.860. The van der Waals surface area contributed by atoms with Crippen molar-refractivity contribution in [3.8, 4) is 28.5 Å². The van der Waals surface area contributed by atoms with Crippen molar-refractivity contribution in [1.29, 1.82) is 0 Å². The molecule has 0 radical (unpaired) electrons. The Balaban J connectivity index is 2.04. The zero-order chi connectivity index (χ0) is 18.7. The zero-order valence-corrected chi connectivity index (χ0v) is 15.7. The highest BCUT2D eigenvalue weighted by Gasteiger charge is 2.21. The smallest absolute Gasteiger partial charge is 0.222 e. The van der Waals surface area contributed by atoms with Crippen LogP contribution in [0.5, 0.6) is 17.2 Å². The molecular weight excluding hydrogens is 334 g/mol. The van der Waals surface area contributed by atoms with E-state index < -0.39 is 0 Å². The van der Waals surface area contributed by atoms with Gasteiger partial charge in [0, 0.05) is 37.8 Å². The molecular formula is C18H25N5O3. The molecule has 0 atom stereocenters. The molecule has 8 heteroatoms. The molecule has 3 rings (SSSR count). The molecule has 1 saturated heterocycles. The molecule has 0 spiro atoms. The summed E-state index contributed by atoms with van der Waals surface area (Å²) >= 11 is 0. The highest BCUT2D eigenvalue weighted by atomic mass is 16.5. The maximum Gasteiger partial charge on any atom is 0.222 e. The molecule has 0 saturated carbocycles. The summed E-state index contributed by atoms with van der Waals surface area (Å²) < 4.78 is 16.4. The van der Waals surface area contributed by atoms with Gasteiger partial charge in [0.15, 0.2) is 11.5 Å². The first kappa shape index (κ1) is 18.1. The second kappa shape index (κ2) is 7.65. The lowest BCUT2D eigenvalue weighted by Gasteiger charge is -2.33. The first-order valence-corrected chi connectivity index (χ1v) is 8.44. The topological polar surface area (TPSA) is 86.0 Å². The van der Waals surface area contributed by atoms with Crippen LogP contribution in [0.15, 0.2) is 18.2 Å². The van der Waals surface area contributed by atoms with Crippen LogP contribution in [0.2, 0.25) is 0 Å². The van der Waals surface area contributed by atoms with Gasteiger partial charge in [0.1, 0.15) is 5.82 Å². The summed E-state index contributed by atoms with van der Waals surface area (Å²) in [5.41, 5.74) is 7.45. The van der Waals surface area contributed by atoms with Gasteiger partial charge in [-0.3, -0.25) is 0 Å². The Kier molecular flexibility index (Phi) is 5.32. The lowest BCUT2D eigenvalue weighted by atomic mass is 10.1. The molecule has 26 heavy (non-hydrogen) atoms. The number of nitrogen functional groups attached to an aromatic ring is 1. The molecule has 0 unspecified atom stereocenters. The van der Waals surface area contributed by atoms with Crippen molar-refractivity contribution < 1.29 is 14.2 Å². The number of hydrogen-bond donors (Lipinski definition) is 1. The fraction of sp³-hybridized carbons (Fsp3) is 0.444. The molecule has 2 heterocycles. The van der Waals surface area contributed by atoms with Crippen molar-refractivity contribution in [2.24, 2.45) is 0 Å². The summed E-state index contributed by atoms with van der Waals surface area (Å²) in [4.78, 5) is 13.3. The van der Waals surface area contributed by atoms with Crippen LogP contribution >= 0.6 is 0 Å². The van der Waals surface area contributed by atoms with Crippen molar-refractivity contribution in [3.05, 3.63) is 18.2 Å². The van der Waals surface area contributed by atoms with E-state index in [1.54, 1.807) is 21.3 Å². The molecule has 1 aromatic carbocycles. The van der Waals surface area contributed by atoms with E-state index in [1.807, 2.05) is 18.2 Å². The van der Waals surface area contributed by atoms with Gasteiger partial charge in [-0.2, -0.15) is 4.98 Å². The number of benzene rings is 1. The summed E-state index contributed by atoms with van der Waals surface area (Å²) in [6.45, 7) is 3.77. The first-order valence-electron chi connectivity index (χ1n) is 8.44. The van der Waals surface area contributed by atoms with Gasteiger partial charge in [0.05, 0.1) is 27.0 Å². The maximum absolute atomic E-state index is 5.99. The van der Waals surface area contributed by atoms with E-state index in [0.717, 1.165) is 37.6 Å². The number of likely N-dealkylation sites (N-methyl/N-ethyl adjacent to an activating group) is 1. The monoisotopic (exact) mass is 359 g/mol. The molecule has 2 aromatic rings. The molecule has 1 aliphatic heterocycles. The Morgan fingerprint density at radius 1 is 0.923 bits per heavy atom. The normalized spacial score (nSPS) is 15.0. The second-order valence-corrected chi connectivity index (χ2v) is 6.14. The van der Waals surface area contributed by atoms with Gasteiger partial charge in [-0.05, 0) is 19.2 Å². The largest absolute Gasteiger partial charge is 0.493 e. The third-order valence-electron chi connectivity index (χ3n) is 4.54. The van der Waals surface area contributed by atoms with Crippen LogP contribution in [0.1, 0.15) is 0 Å². The van der Waals surface area contributed by atoms with Crippen molar-refractivity contribution >= 4 is 11.8 Å². The Hall–Kier alpha value is -2.74. The van der Waals surface area contributed by atoms with Crippen LogP contribution in [0.3, 0.4) is 0 Å². The second-order valence-electron chi connectivity index (χ2n) is 6.14. The van der Waals surface area contributed by atoms with Crippen molar-refractivity contribution in [2.75, 3.05) is 65.2 Å². The minimum Gasteiger partial charge on any atom is -0.493 e. The number of piperazine rings is 1. The van der Waals surface area contributed by atoms with Crippen LogP contribution < -0.4 is 24.8 Å². The molecule has 140 valence electrons. The number of anilines is 2. The molecule has 1 aromatic heterocycles. The first-order chi connectivity index (χ1) is 12.6. The number of nitrogens with two attached hydrogens (primary N) is 1. The number of methoxy groups -OCH3 is 3. The Morgan fingerprint density at radius 2 is 1.62 bits per heavy atom. The summed E-state index contributed by atoms with van der Waals surface area (Å²) in [5.74, 6) is 2.71. The van der Waals surface area contributed by atoms with Gasteiger partial charge >= 0.3 is 0 Å². The predicted octanol–water partition coefficient (Wildman–Crippen LogP) is 1.50. The average molecular weight is 359 g/mol. The van der Waals surface area contributed by atoms with Crippen LogP contribution in [0, 0.1) is 0 Å². The third-order valence-corrected chi connectivity index (χ3v) is 4.54. The van der Waals surface area contributed by atoms with E-state index in [9.17, 15) is 0 Å². The SMILES string of the molecule is COc1ccc(-c2cc(N3CCN(C)CC3)nc(N)n2)c(OC)c1OC.